The van der Waals surface area contributed by atoms with Crippen LogP contribution in [-0.4, -0.2) is 29.4 Å². The summed E-state index contributed by atoms with van der Waals surface area (Å²) >= 11 is 1.78. The molecule has 0 aliphatic rings. The van der Waals surface area contributed by atoms with Crippen molar-refractivity contribution >= 4 is 23.4 Å². The van der Waals surface area contributed by atoms with Crippen LogP contribution in [0.1, 0.15) is 23.0 Å². The number of rotatable bonds is 5. The maximum Gasteiger partial charge on any atom is 0.253 e. The fourth-order valence-corrected chi connectivity index (χ4v) is 2.17. The molecular weight excluding hydrogens is 234 g/mol. The summed E-state index contributed by atoms with van der Waals surface area (Å²) in [5.41, 5.74) is 7.39. The van der Waals surface area contributed by atoms with Gasteiger partial charge in [-0.1, -0.05) is 6.92 Å². The molecule has 0 radical (unpaired) electrons. The average Bonchev–Trinajstić information content (AvgIpc) is 2.29. The number of aryl methyl sites for hydroxylation is 1. The van der Waals surface area contributed by atoms with Crippen LogP contribution in [-0.2, 0) is 0 Å². The first-order valence-electron chi connectivity index (χ1n) is 5.53. The number of carbonyl (C=O) groups is 1. The number of nitrogens with zero attached hydrogens (tertiary/aromatic N) is 1. The Morgan fingerprint density at radius 1 is 1.65 bits per heavy atom. The van der Waals surface area contributed by atoms with Crippen molar-refractivity contribution in [3.8, 4) is 0 Å². The number of amides is 1. The van der Waals surface area contributed by atoms with Gasteiger partial charge >= 0.3 is 0 Å². The Kier molecular flexibility index (Phi) is 5.28. The van der Waals surface area contributed by atoms with Gasteiger partial charge in [-0.05, 0) is 30.9 Å². The zero-order valence-electron chi connectivity index (χ0n) is 10.5. The maximum absolute atomic E-state index is 11.9. The van der Waals surface area contributed by atoms with Crippen LogP contribution in [0.3, 0.4) is 0 Å². The molecule has 0 fully saturated rings. The molecule has 4 nitrogen and oxygen atoms in total. The van der Waals surface area contributed by atoms with Crippen LogP contribution in [0.25, 0.3) is 0 Å². The van der Waals surface area contributed by atoms with Gasteiger partial charge in [-0.25, -0.2) is 0 Å². The highest BCUT2D eigenvalue weighted by Gasteiger charge is 2.11. The molecule has 17 heavy (non-hydrogen) atoms. The van der Waals surface area contributed by atoms with E-state index in [0.717, 1.165) is 5.75 Å². The Balaban J connectivity index is 2.61. The summed E-state index contributed by atoms with van der Waals surface area (Å²) in [6, 6.07) is 1.66. The smallest absolute Gasteiger partial charge is 0.253 e. The molecule has 0 aliphatic carbocycles. The highest BCUT2D eigenvalue weighted by molar-refractivity contribution is 7.98. The van der Waals surface area contributed by atoms with Crippen molar-refractivity contribution < 1.29 is 4.79 Å². The Morgan fingerprint density at radius 2 is 2.35 bits per heavy atom. The summed E-state index contributed by atoms with van der Waals surface area (Å²) in [5, 5.41) is 2.90. The number of nitrogen functional groups attached to an aromatic ring is 1. The summed E-state index contributed by atoms with van der Waals surface area (Å²) in [7, 11) is 0. The molecule has 1 atom stereocenters. The lowest BCUT2D eigenvalue weighted by Crippen LogP contribution is -2.29. The van der Waals surface area contributed by atoms with Crippen molar-refractivity contribution in [1.29, 1.82) is 0 Å². The summed E-state index contributed by atoms with van der Waals surface area (Å²) in [6.07, 6.45) is 3.62. The summed E-state index contributed by atoms with van der Waals surface area (Å²) < 4.78 is 0. The largest absolute Gasteiger partial charge is 0.397 e. The van der Waals surface area contributed by atoms with E-state index in [0.29, 0.717) is 29.4 Å². The monoisotopic (exact) mass is 253 g/mol. The molecule has 1 aromatic heterocycles. The lowest BCUT2D eigenvalue weighted by Gasteiger charge is -2.12. The lowest BCUT2D eigenvalue weighted by molar-refractivity contribution is 0.0948. The van der Waals surface area contributed by atoms with E-state index in [4.69, 9.17) is 5.73 Å². The second-order valence-electron chi connectivity index (χ2n) is 4.17. The number of nitrogens with two attached hydrogens (primary N) is 1. The van der Waals surface area contributed by atoms with Crippen LogP contribution in [0.5, 0.6) is 0 Å². The van der Waals surface area contributed by atoms with Gasteiger partial charge in [0.15, 0.2) is 0 Å². The van der Waals surface area contributed by atoms with E-state index in [1.54, 1.807) is 30.9 Å². The van der Waals surface area contributed by atoms with Crippen LogP contribution in [0.15, 0.2) is 12.3 Å². The molecule has 3 N–H and O–H groups in total. The maximum atomic E-state index is 11.9. The van der Waals surface area contributed by atoms with Crippen LogP contribution in [0, 0.1) is 12.8 Å². The summed E-state index contributed by atoms with van der Waals surface area (Å²) in [5.74, 6) is 1.40. The number of anilines is 1. The van der Waals surface area contributed by atoms with E-state index in [1.165, 1.54) is 0 Å². The van der Waals surface area contributed by atoms with Gasteiger partial charge in [0.2, 0.25) is 0 Å². The number of thioether (sulfide) groups is 1. The Labute approximate surface area is 106 Å². The molecule has 1 heterocycles. The zero-order chi connectivity index (χ0) is 12.8. The number of hydrogen-bond acceptors (Lipinski definition) is 4. The molecule has 0 spiro atoms. The second kappa shape index (κ2) is 6.49. The second-order valence-corrected chi connectivity index (χ2v) is 5.08. The molecule has 1 amide bonds. The third-order valence-corrected chi connectivity index (χ3v) is 3.32. The predicted octanol–water partition coefficient (Wildman–Crippen LogP) is 1.70. The number of aromatic nitrogens is 1. The van der Waals surface area contributed by atoms with Crippen LogP contribution in [0.2, 0.25) is 0 Å². The van der Waals surface area contributed by atoms with E-state index in [1.807, 2.05) is 0 Å². The van der Waals surface area contributed by atoms with Gasteiger partial charge in [0, 0.05) is 6.54 Å². The quantitative estimate of drug-likeness (QED) is 0.838. The van der Waals surface area contributed by atoms with E-state index < -0.39 is 0 Å². The fraction of sp³-hybridized carbons (Fsp3) is 0.500. The van der Waals surface area contributed by atoms with Crippen LogP contribution < -0.4 is 11.1 Å². The highest BCUT2D eigenvalue weighted by atomic mass is 32.2. The van der Waals surface area contributed by atoms with E-state index in [-0.39, 0.29) is 5.91 Å². The van der Waals surface area contributed by atoms with Crippen molar-refractivity contribution in [1.82, 2.24) is 10.3 Å². The Bertz CT molecular complexity index is 395. The molecule has 0 bridgehead atoms. The van der Waals surface area contributed by atoms with Crippen molar-refractivity contribution in [2.24, 2.45) is 5.92 Å². The average molecular weight is 253 g/mol. The van der Waals surface area contributed by atoms with Gasteiger partial charge in [-0.3, -0.25) is 9.78 Å². The molecule has 1 aromatic rings. The number of pyridine rings is 1. The molecule has 94 valence electrons. The van der Waals surface area contributed by atoms with Crippen LogP contribution >= 0.6 is 11.8 Å². The minimum absolute atomic E-state index is 0.102. The molecule has 1 unspecified atom stereocenters. The summed E-state index contributed by atoms with van der Waals surface area (Å²) in [6.45, 7) is 4.59. The van der Waals surface area contributed by atoms with E-state index in [9.17, 15) is 4.79 Å². The zero-order valence-corrected chi connectivity index (χ0v) is 11.3. The van der Waals surface area contributed by atoms with E-state index in [2.05, 4.69) is 23.5 Å². The standard InChI is InChI=1S/C12H19N3OS/c1-8(7-17-3)5-15-12(16)11-4-10(13)6-14-9(11)2/h4,6,8H,5,7,13H2,1-3H3,(H,15,16). The Hall–Kier alpha value is -1.23. The molecule has 1 rings (SSSR count). The SMILES string of the molecule is CSCC(C)CNC(=O)c1cc(N)cnc1C. The van der Waals surface area contributed by atoms with Gasteiger partial charge in [-0.15, -0.1) is 0 Å². The van der Waals surface area contributed by atoms with Crippen LogP contribution in [0.4, 0.5) is 5.69 Å². The molecule has 5 heteroatoms. The highest BCUT2D eigenvalue weighted by Crippen LogP contribution is 2.10. The third-order valence-electron chi connectivity index (χ3n) is 2.41. The van der Waals surface area contributed by atoms with Crippen molar-refractivity contribution in [2.75, 3.05) is 24.3 Å². The number of hydrogen-bond donors (Lipinski definition) is 2. The number of nitrogens with one attached hydrogen (secondary N) is 1. The molecule has 0 saturated heterocycles. The van der Waals surface area contributed by atoms with Gasteiger partial charge in [0.1, 0.15) is 0 Å². The first-order chi connectivity index (χ1) is 8.04. The van der Waals surface area contributed by atoms with Gasteiger partial charge in [0.05, 0.1) is 23.1 Å². The minimum Gasteiger partial charge on any atom is -0.397 e. The summed E-state index contributed by atoms with van der Waals surface area (Å²) in [4.78, 5) is 16.0. The van der Waals surface area contributed by atoms with Gasteiger partial charge < -0.3 is 11.1 Å². The van der Waals surface area contributed by atoms with Crippen molar-refractivity contribution in [3.63, 3.8) is 0 Å². The van der Waals surface area contributed by atoms with Crippen molar-refractivity contribution in [3.05, 3.63) is 23.5 Å². The lowest BCUT2D eigenvalue weighted by atomic mass is 10.1. The topological polar surface area (TPSA) is 68.0 Å². The molecule has 0 aromatic carbocycles. The van der Waals surface area contributed by atoms with Crippen molar-refractivity contribution in [2.45, 2.75) is 13.8 Å². The third kappa shape index (κ3) is 4.26. The van der Waals surface area contributed by atoms with Gasteiger partial charge in [0.25, 0.3) is 5.91 Å². The fourth-order valence-electron chi connectivity index (χ4n) is 1.48. The Morgan fingerprint density at radius 3 is 3.00 bits per heavy atom. The minimum atomic E-state index is -0.102. The molecular formula is C12H19N3OS. The molecule has 0 saturated carbocycles. The predicted molar refractivity (Wildman–Crippen MR) is 73.3 cm³/mol. The molecule has 0 aliphatic heterocycles. The van der Waals surface area contributed by atoms with Gasteiger partial charge in [-0.2, -0.15) is 11.8 Å². The normalized spacial score (nSPS) is 12.2. The van der Waals surface area contributed by atoms with E-state index >= 15 is 0 Å². The number of carbonyl (C=O) groups excluding carboxylic acids is 1. The first-order valence-corrected chi connectivity index (χ1v) is 6.93. The first kappa shape index (κ1) is 13.8.